The molecule has 16 heavy (non-hydrogen) atoms. The third kappa shape index (κ3) is 2.40. The molecule has 1 heterocycles. The number of hydrogen-bond acceptors (Lipinski definition) is 3. The van der Waals surface area contributed by atoms with Crippen molar-refractivity contribution in [2.75, 3.05) is 5.32 Å². The number of aromatic amines is 1. The van der Waals surface area contributed by atoms with Crippen molar-refractivity contribution < 1.29 is 4.79 Å². The molecule has 0 saturated carbocycles. The van der Waals surface area contributed by atoms with E-state index in [1.807, 2.05) is 0 Å². The van der Waals surface area contributed by atoms with Crippen molar-refractivity contribution in [2.45, 2.75) is 0 Å². The van der Waals surface area contributed by atoms with Gasteiger partial charge in [-0.05, 0) is 34.1 Å². The zero-order valence-corrected chi connectivity index (χ0v) is 10.2. The molecule has 82 valence electrons. The molecular formula is C9H6BrClN4O. The monoisotopic (exact) mass is 300 g/mol. The molecule has 2 aromatic rings. The van der Waals surface area contributed by atoms with Crippen LogP contribution in [0.3, 0.4) is 0 Å². The Morgan fingerprint density at radius 1 is 1.50 bits per heavy atom. The highest BCUT2D eigenvalue weighted by molar-refractivity contribution is 9.10. The Hall–Kier alpha value is -1.40. The maximum absolute atomic E-state index is 11.6. The minimum Gasteiger partial charge on any atom is -0.319 e. The van der Waals surface area contributed by atoms with Crippen LogP contribution in [0.1, 0.15) is 10.6 Å². The van der Waals surface area contributed by atoms with Crippen LogP contribution in [0.25, 0.3) is 0 Å². The van der Waals surface area contributed by atoms with E-state index in [9.17, 15) is 4.79 Å². The molecule has 2 rings (SSSR count). The number of amides is 1. The summed E-state index contributed by atoms with van der Waals surface area (Å²) >= 11 is 9.09. The number of aromatic nitrogens is 3. The third-order valence-electron chi connectivity index (χ3n) is 1.81. The van der Waals surface area contributed by atoms with Gasteiger partial charge in [0.15, 0.2) is 0 Å². The number of carbonyl (C=O) groups is 1. The molecule has 0 aliphatic rings. The number of hydrogen-bond donors (Lipinski definition) is 2. The van der Waals surface area contributed by atoms with E-state index in [1.165, 1.54) is 6.33 Å². The van der Waals surface area contributed by atoms with Gasteiger partial charge >= 0.3 is 0 Å². The Morgan fingerprint density at radius 3 is 2.94 bits per heavy atom. The average molecular weight is 302 g/mol. The lowest BCUT2D eigenvalue weighted by Crippen LogP contribution is -2.13. The van der Waals surface area contributed by atoms with E-state index in [0.717, 1.165) is 0 Å². The zero-order valence-electron chi connectivity index (χ0n) is 7.87. The predicted molar refractivity (Wildman–Crippen MR) is 63.5 cm³/mol. The number of nitrogens with one attached hydrogen (secondary N) is 2. The number of rotatable bonds is 2. The molecule has 1 aromatic carbocycles. The van der Waals surface area contributed by atoms with Crippen LogP contribution in [-0.4, -0.2) is 21.1 Å². The molecule has 0 atom stereocenters. The highest BCUT2D eigenvalue weighted by atomic mass is 79.9. The molecular weight excluding hydrogens is 295 g/mol. The van der Waals surface area contributed by atoms with Gasteiger partial charge in [-0.2, -0.15) is 5.10 Å². The van der Waals surface area contributed by atoms with Crippen molar-refractivity contribution in [1.29, 1.82) is 0 Å². The standard InChI is InChI=1S/C9H6BrClN4O/c10-6-3-5(1-2-7(6)11)14-9(16)8-12-4-13-15-8/h1-4H,(H,14,16)(H,12,13,15). The number of anilines is 1. The lowest BCUT2D eigenvalue weighted by Gasteiger charge is -2.04. The summed E-state index contributed by atoms with van der Waals surface area (Å²) in [5.41, 5.74) is 0.623. The minimum absolute atomic E-state index is 0.158. The lowest BCUT2D eigenvalue weighted by molar-refractivity contribution is 0.101. The van der Waals surface area contributed by atoms with Crippen LogP contribution in [0.5, 0.6) is 0 Å². The normalized spacial score (nSPS) is 10.1. The summed E-state index contributed by atoms with van der Waals surface area (Å²) < 4.78 is 0.713. The number of benzene rings is 1. The van der Waals surface area contributed by atoms with E-state index in [2.05, 4.69) is 36.4 Å². The van der Waals surface area contributed by atoms with Crippen LogP contribution in [0.15, 0.2) is 29.0 Å². The minimum atomic E-state index is -0.355. The van der Waals surface area contributed by atoms with Gasteiger partial charge in [0.2, 0.25) is 5.82 Å². The highest BCUT2D eigenvalue weighted by Gasteiger charge is 2.09. The van der Waals surface area contributed by atoms with Crippen molar-refractivity contribution in [3.63, 3.8) is 0 Å². The van der Waals surface area contributed by atoms with E-state index < -0.39 is 0 Å². The molecule has 0 saturated heterocycles. The summed E-state index contributed by atoms with van der Waals surface area (Å²) in [6.45, 7) is 0. The molecule has 0 fully saturated rings. The van der Waals surface area contributed by atoms with Gasteiger partial charge in [0, 0.05) is 10.2 Å². The molecule has 1 aromatic heterocycles. The first kappa shape index (κ1) is 11.1. The van der Waals surface area contributed by atoms with Crippen LogP contribution in [0.4, 0.5) is 5.69 Å². The summed E-state index contributed by atoms with van der Waals surface area (Å²) in [5.74, 6) is -0.196. The molecule has 0 bridgehead atoms. The van der Waals surface area contributed by atoms with Crippen LogP contribution in [0, 0.1) is 0 Å². The predicted octanol–water partition coefficient (Wildman–Crippen LogP) is 2.47. The van der Waals surface area contributed by atoms with Crippen molar-refractivity contribution >= 4 is 39.1 Å². The van der Waals surface area contributed by atoms with Gasteiger partial charge in [0.1, 0.15) is 6.33 Å². The Kier molecular flexibility index (Phi) is 3.21. The SMILES string of the molecule is O=C(Nc1ccc(Cl)c(Br)c1)c1ncn[nH]1. The molecule has 5 nitrogen and oxygen atoms in total. The number of nitrogens with zero attached hydrogens (tertiary/aromatic N) is 2. The van der Waals surface area contributed by atoms with Gasteiger partial charge in [-0.25, -0.2) is 4.98 Å². The van der Waals surface area contributed by atoms with Crippen molar-refractivity contribution in [2.24, 2.45) is 0 Å². The second-order valence-corrected chi connectivity index (χ2v) is 4.18. The molecule has 0 unspecified atom stereocenters. The largest absolute Gasteiger partial charge is 0.319 e. The molecule has 7 heteroatoms. The molecule has 2 N–H and O–H groups in total. The van der Waals surface area contributed by atoms with E-state index in [0.29, 0.717) is 15.2 Å². The van der Waals surface area contributed by atoms with Gasteiger partial charge in [0.25, 0.3) is 5.91 Å². The number of H-pyrrole nitrogens is 1. The van der Waals surface area contributed by atoms with Gasteiger partial charge in [-0.15, -0.1) is 0 Å². The van der Waals surface area contributed by atoms with Gasteiger partial charge < -0.3 is 5.32 Å². The summed E-state index contributed by atoms with van der Waals surface area (Å²) in [7, 11) is 0. The smallest absolute Gasteiger partial charge is 0.292 e. The Bertz CT molecular complexity index is 514. The Labute approximate surface area is 104 Å². The molecule has 0 aliphatic carbocycles. The highest BCUT2D eigenvalue weighted by Crippen LogP contribution is 2.25. The average Bonchev–Trinajstić information content (AvgIpc) is 2.77. The van der Waals surface area contributed by atoms with E-state index >= 15 is 0 Å². The molecule has 0 spiro atoms. The summed E-state index contributed by atoms with van der Waals surface area (Å²) in [6, 6.07) is 5.08. The fourth-order valence-corrected chi connectivity index (χ4v) is 1.58. The quantitative estimate of drug-likeness (QED) is 0.895. The second-order valence-electron chi connectivity index (χ2n) is 2.92. The maximum atomic E-state index is 11.6. The van der Waals surface area contributed by atoms with Gasteiger partial charge in [-0.1, -0.05) is 11.6 Å². The fourth-order valence-electron chi connectivity index (χ4n) is 1.08. The van der Waals surface area contributed by atoms with Crippen LogP contribution in [-0.2, 0) is 0 Å². The summed E-state index contributed by atoms with van der Waals surface area (Å²) in [5, 5.41) is 9.29. The van der Waals surface area contributed by atoms with Crippen LogP contribution >= 0.6 is 27.5 Å². The zero-order chi connectivity index (χ0) is 11.5. The Morgan fingerprint density at radius 2 is 2.31 bits per heavy atom. The first-order chi connectivity index (χ1) is 7.66. The molecule has 0 aliphatic heterocycles. The van der Waals surface area contributed by atoms with Crippen molar-refractivity contribution in [3.05, 3.63) is 39.8 Å². The Balaban J connectivity index is 2.15. The number of halogens is 2. The molecule has 1 amide bonds. The maximum Gasteiger partial charge on any atom is 0.292 e. The fraction of sp³-hybridized carbons (Fsp3) is 0. The van der Waals surface area contributed by atoms with Crippen molar-refractivity contribution in [1.82, 2.24) is 15.2 Å². The summed E-state index contributed by atoms with van der Waals surface area (Å²) in [6.07, 6.45) is 1.27. The van der Waals surface area contributed by atoms with Crippen LogP contribution < -0.4 is 5.32 Å². The van der Waals surface area contributed by atoms with Crippen molar-refractivity contribution in [3.8, 4) is 0 Å². The first-order valence-electron chi connectivity index (χ1n) is 4.28. The number of carbonyl (C=O) groups excluding carboxylic acids is 1. The third-order valence-corrected chi connectivity index (χ3v) is 3.02. The van der Waals surface area contributed by atoms with E-state index in [1.54, 1.807) is 18.2 Å². The van der Waals surface area contributed by atoms with E-state index in [-0.39, 0.29) is 11.7 Å². The van der Waals surface area contributed by atoms with Gasteiger partial charge in [0.05, 0.1) is 5.02 Å². The van der Waals surface area contributed by atoms with Gasteiger partial charge in [-0.3, -0.25) is 9.89 Å². The second kappa shape index (κ2) is 4.63. The summed E-state index contributed by atoms with van der Waals surface area (Å²) in [4.78, 5) is 15.3. The first-order valence-corrected chi connectivity index (χ1v) is 5.45. The van der Waals surface area contributed by atoms with Crippen LogP contribution in [0.2, 0.25) is 5.02 Å². The topological polar surface area (TPSA) is 70.7 Å². The lowest BCUT2D eigenvalue weighted by atomic mass is 10.3. The van der Waals surface area contributed by atoms with E-state index in [4.69, 9.17) is 11.6 Å². The molecule has 0 radical (unpaired) electrons.